The van der Waals surface area contributed by atoms with E-state index < -0.39 is 0 Å². The van der Waals surface area contributed by atoms with Crippen LogP contribution in [0.2, 0.25) is 0 Å². The summed E-state index contributed by atoms with van der Waals surface area (Å²) in [6.45, 7) is 0. The first-order valence-electron chi connectivity index (χ1n) is 17.1. The maximum Gasteiger partial charge on any atom is 0.164 e. The van der Waals surface area contributed by atoms with Crippen LogP contribution >= 0.6 is 11.3 Å². The van der Waals surface area contributed by atoms with E-state index >= 15 is 0 Å². The van der Waals surface area contributed by atoms with Crippen molar-refractivity contribution < 1.29 is 9.15 Å². The van der Waals surface area contributed by atoms with E-state index in [4.69, 9.17) is 24.1 Å². The molecule has 4 heterocycles. The Balaban J connectivity index is 1.18. The molecule has 2 atom stereocenters. The van der Waals surface area contributed by atoms with Crippen LogP contribution in [0.4, 0.5) is 0 Å². The monoisotopic (exact) mass is 673 g/mol. The molecule has 240 valence electrons. The van der Waals surface area contributed by atoms with E-state index in [0.29, 0.717) is 17.5 Å². The molecule has 0 spiro atoms. The third kappa shape index (κ3) is 4.50. The van der Waals surface area contributed by atoms with Crippen molar-refractivity contribution >= 4 is 64.6 Å². The Kier molecular flexibility index (Phi) is 6.18. The predicted octanol–water partition coefficient (Wildman–Crippen LogP) is 11.5. The molecule has 3 aromatic heterocycles. The summed E-state index contributed by atoms with van der Waals surface area (Å²) in [5.74, 6) is 2.67. The average molecular weight is 674 g/mol. The summed E-state index contributed by atoms with van der Waals surface area (Å²) < 4.78 is 15.3. The number of thiophene rings is 1. The highest BCUT2D eigenvalue weighted by atomic mass is 32.1. The van der Waals surface area contributed by atoms with Crippen molar-refractivity contribution in [2.45, 2.75) is 12.0 Å². The number of fused-ring (bicyclic) bond motifs is 9. The standard InChI is InChI=1S/C45H27N3O2S/c1-2-10-26(11-3-1)43-46-44(28-19-22-37-34(24-28)30-12-4-7-15-35(30)49-37)48-45(47-43)42-29(21-23-38-41(42)33-14-5-8-16-36(33)50-38)27-18-20-32-31-13-6-9-17-39(31)51-40(32)25-27/h1-25,38,41H. The molecule has 6 aromatic carbocycles. The Morgan fingerprint density at radius 2 is 1.22 bits per heavy atom. The van der Waals surface area contributed by atoms with Crippen molar-refractivity contribution in [1.82, 2.24) is 15.0 Å². The maximum atomic E-state index is 6.57. The molecule has 6 heteroatoms. The molecular weight excluding hydrogens is 647 g/mol. The maximum absolute atomic E-state index is 6.57. The molecule has 0 saturated carbocycles. The molecule has 2 aliphatic rings. The van der Waals surface area contributed by atoms with Gasteiger partial charge in [0.1, 0.15) is 23.0 Å². The number of aromatic nitrogens is 3. The zero-order valence-corrected chi connectivity index (χ0v) is 28.0. The fourth-order valence-corrected chi connectivity index (χ4v) is 8.91. The molecule has 51 heavy (non-hydrogen) atoms. The normalized spacial score (nSPS) is 16.6. The third-order valence-corrected chi connectivity index (χ3v) is 11.3. The highest BCUT2D eigenvalue weighted by Gasteiger charge is 2.40. The number of para-hydroxylation sites is 2. The Morgan fingerprint density at radius 1 is 0.510 bits per heavy atom. The van der Waals surface area contributed by atoms with Crippen molar-refractivity contribution in [2.75, 3.05) is 0 Å². The minimum absolute atomic E-state index is 0.0986. The Labute approximate surface area is 296 Å². The van der Waals surface area contributed by atoms with Crippen molar-refractivity contribution in [3.63, 3.8) is 0 Å². The summed E-state index contributed by atoms with van der Waals surface area (Å²) in [7, 11) is 0. The molecular formula is C45H27N3O2S. The van der Waals surface area contributed by atoms with E-state index in [1.54, 1.807) is 0 Å². The summed E-state index contributed by atoms with van der Waals surface area (Å²) in [4.78, 5) is 15.7. The number of hydrogen-bond acceptors (Lipinski definition) is 6. The number of rotatable bonds is 4. The molecule has 1 aliphatic carbocycles. The number of nitrogens with zero attached hydrogens (tertiary/aromatic N) is 3. The molecule has 5 nitrogen and oxygen atoms in total. The first kappa shape index (κ1) is 28.5. The number of ether oxygens (including phenoxy) is 1. The molecule has 1 aliphatic heterocycles. The van der Waals surface area contributed by atoms with E-state index in [-0.39, 0.29) is 12.0 Å². The largest absolute Gasteiger partial charge is 0.485 e. The van der Waals surface area contributed by atoms with Crippen LogP contribution in [0.3, 0.4) is 0 Å². The Morgan fingerprint density at radius 3 is 2.14 bits per heavy atom. The summed E-state index contributed by atoms with van der Waals surface area (Å²) in [6.07, 6.45) is 4.21. The van der Waals surface area contributed by atoms with Crippen LogP contribution in [-0.2, 0) is 0 Å². The van der Waals surface area contributed by atoms with Crippen molar-refractivity contribution in [2.24, 2.45) is 0 Å². The van der Waals surface area contributed by atoms with E-state index in [0.717, 1.165) is 61.1 Å². The second kappa shape index (κ2) is 11.1. The van der Waals surface area contributed by atoms with Crippen LogP contribution < -0.4 is 4.74 Å². The van der Waals surface area contributed by atoms with E-state index in [1.165, 1.54) is 20.2 Å². The van der Waals surface area contributed by atoms with Gasteiger partial charge in [-0.3, -0.25) is 0 Å². The van der Waals surface area contributed by atoms with E-state index in [2.05, 4.69) is 97.1 Å². The zero-order valence-electron chi connectivity index (χ0n) is 27.2. The lowest BCUT2D eigenvalue weighted by atomic mass is 9.79. The predicted molar refractivity (Wildman–Crippen MR) is 207 cm³/mol. The van der Waals surface area contributed by atoms with Gasteiger partial charge in [-0.25, -0.2) is 15.0 Å². The quantitative estimate of drug-likeness (QED) is 0.186. The number of benzene rings is 6. The summed E-state index contributed by atoms with van der Waals surface area (Å²) in [5.41, 5.74) is 7.89. The minimum atomic E-state index is -0.178. The van der Waals surface area contributed by atoms with Gasteiger partial charge in [-0.1, -0.05) is 103 Å². The fraction of sp³-hybridized carbons (Fsp3) is 0.0444. The van der Waals surface area contributed by atoms with Crippen LogP contribution in [0.15, 0.2) is 156 Å². The Bertz CT molecular complexity index is 2920. The van der Waals surface area contributed by atoms with Gasteiger partial charge in [0.15, 0.2) is 17.5 Å². The van der Waals surface area contributed by atoms with Crippen molar-refractivity contribution in [1.29, 1.82) is 0 Å². The van der Waals surface area contributed by atoms with Crippen molar-refractivity contribution in [3.8, 4) is 28.5 Å². The highest BCUT2D eigenvalue weighted by molar-refractivity contribution is 7.25. The van der Waals surface area contributed by atoms with Crippen LogP contribution in [0.1, 0.15) is 22.9 Å². The molecule has 0 radical (unpaired) electrons. The molecule has 2 unspecified atom stereocenters. The van der Waals surface area contributed by atoms with Crippen LogP contribution in [0, 0.1) is 0 Å². The topological polar surface area (TPSA) is 61.0 Å². The molecule has 9 aromatic rings. The first-order valence-corrected chi connectivity index (χ1v) is 17.9. The van der Waals surface area contributed by atoms with Gasteiger partial charge in [-0.15, -0.1) is 11.3 Å². The second-order valence-electron chi connectivity index (χ2n) is 13.1. The molecule has 11 rings (SSSR count). The van der Waals surface area contributed by atoms with Gasteiger partial charge >= 0.3 is 0 Å². The van der Waals surface area contributed by atoms with Gasteiger partial charge in [0.2, 0.25) is 0 Å². The van der Waals surface area contributed by atoms with Crippen molar-refractivity contribution in [3.05, 3.63) is 169 Å². The number of allylic oxidation sites excluding steroid dienone is 2. The molecule has 0 saturated heterocycles. The SMILES string of the molecule is C1=CC2Oc3ccccc3C2C(c2nc(-c3ccccc3)nc(-c3ccc4oc5ccccc5c4c3)n2)=C1c1ccc2c(c1)sc1ccccc12. The second-order valence-corrected chi connectivity index (χ2v) is 14.2. The van der Waals surface area contributed by atoms with E-state index in [9.17, 15) is 0 Å². The lowest BCUT2D eigenvalue weighted by Gasteiger charge is -2.26. The molecule has 0 amide bonds. The lowest BCUT2D eigenvalue weighted by molar-refractivity contribution is 0.271. The highest BCUT2D eigenvalue weighted by Crippen LogP contribution is 2.51. The van der Waals surface area contributed by atoms with Gasteiger partial charge in [0, 0.05) is 53.2 Å². The molecule has 0 fully saturated rings. The Hall–Kier alpha value is -6.37. The van der Waals surface area contributed by atoms with Gasteiger partial charge < -0.3 is 9.15 Å². The van der Waals surface area contributed by atoms with Gasteiger partial charge in [-0.2, -0.15) is 0 Å². The smallest absolute Gasteiger partial charge is 0.164 e. The number of hydrogen-bond donors (Lipinski definition) is 0. The summed E-state index contributed by atoms with van der Waals surface area (Å²) in [6, 6.07) is 48.3. The minimum Gasteiger partial charge on any atom is -0.485 e. The zero-order chi connectivity index (χ0) is 33.5. The first-order chi connectivity index (χ1) is 25.2. The summed E-state index contributed by atoms with van der Waals surface area (Å²) >= 11 is 1.83. The van der Waals surface area contributed by atoms with Gasteiger partial charge in [0.25, 0.3) is 0 Å². The van der Waals surface area contributed by atoms with Gasteiger partial charge in [0.05, 0.1) is 5.92 Å². The summed E-state index contributed by atoms with van der Waals surface area (Å²) in [5, 5.41) is 4.65. The number of furan rings is 1. The average Bonchev–Trinajstić information content (AvgIpc) is 3.88. The van der Waals surface area contributed by atoms with Crippen LogP contribution in [0.25, 0.3) is 76.0 Å². The molecule has 0 N–H and O–H groups in total. The molecule has 0 bridgehead atoms. The lowest BCUT2D eigenvalue weighted by Crippen LogP contribution is -2.22. The van der Waals surface area contributed by atoms with Gasteiger partial charge in [-0.05, 0) is 59.7 Å². The third-order valence-electron chi connectivity index (χ3n) is 10.1. The van der Waals surface area contributed by atoms with Crippen LogP contribution in [-0.4, -0.2) is 21.1 Å². The van der Waals surface area contributed by atoms with E-state index in [1.807, 2.05) is 65.9 Å². The van der Waals surface area contributed by atoms with Crippen LogP contribution in [0.5, 0.6) is 5.75 Å². The fourth-order valence-electron chi connectivity index (χ4n) is 7.77.